The van der Waals surface area contributed by atoms with E-state index in [-0.39, 0.29) is 5.56 Å². The highest BCUT2D eigenvalue weighted by atomic mass is 32.1. The van der Waals surface area contributed by atoms with Crippen LogP contribution >= 0.6 is 11.5 Å². The molecule has 2 heterocycles. The summed E-state index contributed by atoms with van der Waals surface area (Å²) in [5, 5.41) is 0.808. The van der Waals surface area contributed by atoms with Crippen LogP contribution < -0.4 is 10.3 Å². The second-order valence-corrected chi connectivity index (χ2v) is 9.09. The number of aromatic nitrogens is 1. The van der Waals surface area contributed by atoms with Crippen LogP contribution in [-0.4, -0.2) is 28.5 Å². The number of ether oxygens (including phenoxy) is 1. The molecule has 0 unspecified atom stereocenters. The van der Waals surface area contributed by atoms with Crippen LogP contribution in [0.2, 0.25) is 0 Å². The first-order chi connectivity index (χ1) is 14.2. The fourth-order valence-electron chi connectivity index (χ4n) is 4.01. The summed E-state index contributed by atoms with van der Waals surface area (Å²) in [6.07, 6.45) is 4.93. The third-order valence-electron chi connectivity index (χ3n) is 5.83. The molecule has 1 saturated heterocycles. The Labute approximate surface area is 176 Å². The number of hydrogen-bond donors (Lipinski definition) is 0. The number of piperidine rings is 1. The van der Waals surface area contributed by atoms with Crippen molar-refractivity contribution in [1.82, 2.24) is 8.86 Å². The molecule has 1 aliphatic heterocycles. The van der Waals surface area contributed by atoms with E-state index in [1.165, 1.54) is 45.3 Å². The van der Waals surface area contributed by atoms with E-state index in [0.29, 0.717) is 12.5 Å². The number of nitrogens with zero attached hydrogens (tertiary/aromatic N) is 2. The lowest BCUT2D eigenvalue weighted by Crippen LogP contribution is -2.36. The molecule has 0 N–H and O–H groups in total. The van der Waals surface area contributed by atoms with Crippen LogP contribution in [0.4, 0.5) is 0 Å². The summed E-state index contributed by atoms with van der Waals surface area (Å²) in [5.74, 6) is 1.42. The molecule has 3 aromatic rings. The number of fused-ring (bicyclic) bond motifs is 1. The molecule has 1 aliphatic rings. The molecule has 5 heteroatoms. The number of hydrogen-bond acceptors (Lipinski definition) is 4. The Morgan fingerprint density at radius 2 is 1.90 bits per heavy atom. The maximum absolute atomic E-state index is 12.8. The molecule has 4 rings (SSSR count). The Balaban J connectivity index is 1.39. The first-order valence-corrected chi connectivity index (χ1v) is 11.5. The van der Waals surface area contributed by atoms with Crippen LogP contribution in [-0.2, 0) is 13.2 Å². The quantitative estimate of drug-likeness (QED) is 0.515. The maximum atomic E-state index is 12.8. The zero-order valence-electron chi connectivity index (χ0n) is 17.2. The van der Waals surface area contributed by atoms with Gasteiger partial charge in [0.2, 0.25) is 0 Å². The summed E-state index contributed by atoms with van der Waals surface area (Å²) in [4.78, 5) is 15.4. The predicted molar refractivity (Wildman–Crippen MR) is 121 cm³/mol. The largest absolute Gasteiger partial charge is 0.489 e. The highest BCUT2D eigenvalue weighted by Gasteiger charge is 2.20. The lowest BCUT2D eigenvalue weighted by atomic mass is 9.97. The van der Waals surface area contributed by atoms with Crippen molar-refractivity contribution < 1.29 is 4.74 Å². The highest BCUT2D eigenvalue weighted by molar-refractivity contribution is 7.13. The molecule has 2 aromatic carbocycles. The van der Waals surface area contributed by atoms with Crippen molar-refractivity contribution in [3.63, 3.8) is 0 Å². The number of benzene rings is 2. The van der Waals surface area contributed by atoms with Crippen molar-refractivity contribution >= 4 is 21.6 Å². The summed E-state index contributed by atoms with van der Waals surface area (Å²) in [5.41, 5.74) is 1.29. The Bertz CT molecular complexity index is 971. The van der Waals surface area contributed by atoms with Gasteiger partial charge < -0.3 is 9.64 Å². The van der Waals surface area contributed by atoms with Gasteiger partial charge in [0.15, 0.2) is 0 Å². The molecule has 0 aliphatic carbocycles. The zero-order chi connectivity index (χ0) is 20.1. The van der Waals surface area contributed by atoms with Crippen LogP contribution in [0.25, 0.3) is 10.1 Å². The van der Waals surface area contributed by atoms with Gasteiger partial charge in [0.1, 0.15) is 12.4 Å². The molecule has 0 atom stereocenters. The van der Waals surface area contributed by atoms with Crippen LogP contribution in [0, 0.1) is 5.92 Å². The van der Waals surface area contributed by atoms with Gasteiger partial charge in [-0.3, -0.25) is 8.75 Å². The molecule has 154 valence electrons. The van der Waals surface area contributed by atoms with E-state index in [4.69, 9.17) is 4.74 Å². The summed E-state index contributed by atoms with van der Waals surface area (Å²) >= 11 is 1.58. The van der Waals surface area contributed by atoms with Gasteiger partial charge in [0.05, 0.1) is 10.1 Å². The van der Waals surface area contributed by atoms with Gasteiger partial charge >= 0.3 is 0 Å². The molecule has 29 heavy (non-hydrogen) atoms. The van der Waals surface area contributed by atoms with E-state index >= 15 is 0 Å². The van der Waals surface area contributed by atoms with Crippen LogP contribution in [0.15, 0.2) is 53.3 Å². The van der Waals surface area contributed by atoms with Gasteiger partial charge in [-0.25, -0.2) is 0 Å². The second kappa shape index (κ2) is 9.59. The van der Waals surface area contributed by atoms with Crippen molar-refractivity contribution in [2.45, 2.75) is 45.8 Å². The minimum absolute atomic E-state index is 0.146. The molecule has 4 nitrogen and oxygen atoms in total. The lowest BCUT2D eigenvalue weighted by Gasteiger charge is -2.31. The van der Waals surface area contributed by atoms with Gasteiger partial charge in [-0.2, -0.15) is 0 Å². The minimum Gasteiger partial charge on any atom is -0.489 e. The van der Waals surface area contributed by atoms with E-state index in [1.807, 2.05) is 40.4 Å². The third kappa shape index (κ3) is 5.09. The number of likely N-dealkylation sites (tertiary alicyclic amines) is 1. The highest BCUT2D eigenvalue weighted by Crippen LogP contribution is 2.26. The molecular weight excluding hydrogens is 380 g/mol. The third-order valence-corrected chi connectivity index (χ3v) is 6.90. The average Bonchev–Trinajstić information content (AvgIpc) is 3.07. The van der Waals surface area contributed by atoms with E-state index in [0.717, 1.165) is 27.9 Å². The predicted octanol–water partition coefficient (Wildman–Crippen LogP) is 5.15. The molecule has 0 saturated carbocycles. The summed E-state index contributed by atoms with van der Waals surface area (Å²) in [7, 11) is 0. The number of unbranched alkanes of at least 4 members (excludes halogenated alkanes) is 1. The van der Waals surface area contributed by atoms with Gasteiger partial charge in [-0.05, 0) is 68.6 Å². The molecule has 0 amide bonds. The standard InChI is InChI=1S/C24H30N2O2S/c1-2-3-13-25-14-11-19(12-15-25)17-26-24(27)22-10-9-21(16-23(22)29-26)28-18-20-7-5-4-6-8-20/h4-10,16,19H,2-3,11-15,17-18H2,1H3. The summed E-state index contributed by atoms with van der Waals surface area (Å²) in [6, 6.07) is 16.0. The van der Waals surface area contributed by atoms with E-state index in [1.54, 1.807) is 11.5 Å². The van der Waals surface area contributed by atoms with Crippen molar-refractivity contribution in [2.75, 3.05) is 19.6 Å². The topological polar surface area (TPSA) is 34.5 Å². The number of rotatable bonds is 8. The normalized spacial score (nSPS) is 15.8. The Hall–Kier alpha value is -2.11. The van der Waals surface area contributed by atoms with Gasteiger partial charge in [-0.15, -0.1) is 0 Å². The fraction of sp³-hybridized carbons (Fsp3) is 0.458. The molecule has 1 aromatic heterocycles. The molecular formula is C24H30N2O2S. The fourth-order valence-corrected chi connectivity index (χ4v) is 5.14. The van der Waals surface area contributed by atoms with Crippen molar-refractivity contribution in [1.29, 1.82) is 0 Å². The van der Waals surface area contributed by atoms with Crippen LogP contribution in [0.5, 0.6) is 5.75 Å². The van der Waals surface area contributed by atoms with E-state index in [2.05, 4.69) is 24.0 Å². The van der Waals surface area contributed by atoms with E-state index in [9.17, 15) is 4.79 Å². The smallest absolute Gasteiger partial charge is 0.268 e. The first kappa shape index (κ1) is 20.2. The van der Waals surface area contributed by atoms with E-state index < -0.39 is 0 Å². The molecule has 0 radical (unpaired) electrons. The maximum Gasteiger partial charge on any atom is 0.268 e. The van der Waals surface area contributed by atoms with Gasteiger partial charge in [-0.1, -0.05) is 55.2 Å². The SMILES string of the molecule is CCCCN1CCC(Cn2sc3cc(OCc4ccccc4)ccc3c2=O)CC1. The van der Waals surface area contributed by atoms with Crippen LogP contribution in [0.1, 0.15) is 38.2 Å². The van der Waals surface area contributed by atoms with Crippen molar-refractivity contribution in [2.24, 2.45) is 5.92 Å². The zero-order valence-corrected chi connectivity index (χ0v) is 18.0. The Kier molecular flexibility index (Phi) is 6.67. The minimum atomic E-state index is 0.146. The van der Waals surface area contributed by atoms with Crippen molar-refractivity contribution in [3.05, 3.63) is 64.4 Å². The van der Waals surface area contributed by atoms with Gasteiger partial charge in [0.25, 0.3) is 5.56 Å². The Morgan fingerprint density at radius 1 is 1.10 bits per heavy atom. The monoisotopic (exact) mass is 410 g/mol. The average molecular weight is 411 g/mol. The molecule has 0 spiro atoms. The first-order valence-electron chi connectivity index (χ1n) is 10.8. The van der Waals surface area contributed by atoms with Gasteiger partial charge in [0, 0.05) is 6.54 Å². The summed E-state index contributed by atoms with van der Waals surface area (Å²) < 4.78 is 8.90. The molecule has 1 fully saturated rings. The Morgan fingerprint density at radius 3 is 2.66 bits per heavy atom. The second-order valence-electron chi connectivity index (χ2n) is 8.03. The molecule has 0 bridgehead atoms. The lowest BCUT2D eigenvalue weighted by molar-refractivity contribution is 0.173. The van der Waals surface area contributed by atoms with Crippen LogP contribution in [0.3, 0.4) is 0 Å². The van der Waals surface area contributed by atoms with Crippen molar-refractivity contribution in [3.8, 4) is 5.75 Å². The summed E-state index contributed by atoms with van der Waals surface area (Å²) in [6.45, 7) is 7.19.